The Balaban J connectivity index is 2.80. The molecule has 0 fully saturated rings. The van der Waals surface area contributed by atoms with Crippen LogP contribution >= 0.6 is 0 Å². The molecule has 0 aliphatic rings. The van der Waals surface area contributed by atoms with Gasteiger partial charge >= 0.3 is 5.97 Å². The number of carbonyl (C=O) groups is 1. The summed E-state index contributed by atoms with van der Waals surface area (Å²) >= 11 is 0. The lowest BCUT2D eigenvalue weighted by Crippen LogP contribution is -2.09. The van der Waals surface area contributed by atoms with Crippen LogP contribution in [0.15, 0.2) is 24.3 Å². The predicted octanol–water partition coefficient (Wildman–Crippen LogP) is 1.23. The van der Waals surface area contributed by atoms with Gasteiger partial charge in [0.1, 0.15) is 17.9 Å². The second-order valence-electron chi connectivity index (χ2n) is 2.79. The summed E-state index contributed by atoms with van der Waals surface area (Å²) in [5.74, 6) is 0.0241. The molecule has 0 amide bonds. The van der Waals surface area contributed by atoms with Gasteiger partial charge in [0.2, 0.25) is 0 Å². The lowest BCUT2D eigenvalue weighted by molar-refractivity contribution is 0.0520. The summed E-state index contributed by atoms with van der Waals surface area (Å²) in [5.41, 5.74) is 0.382. The monoisotopic (exact) mass is 210 g/mol. The van der Waals surface area contributed by atoms with E-state index in [0.717, 1.165) is 0 Å². The highest BCUT2D eigenvalue weighted by molar-refractivity contribution is 5.92. The summed E-state index contributed by atoms with van der Waals surface area (Å²) in [6.45, 7) is 2.15. The van der Waals surface area contributed by atoms with Gasteiger partial charge in [-0.05, 0) is 19.1 Å². The van der Waals surface area contributed by atoms with Crippen molar-refractivity contribution < 1.29 is 19.4 Å². The van der Waals surface area contributed by atoms with E-state index in [4.69, 9.17) is 14.6 Å². The van der Waals surface area contributed by atoms with Crippen molar-refractivity contribution in [3.63, 3.8) is 0 Å². The quantitative estimate of drug-likeness (QED) is 0.743. The summed E-state index contributed by atoms with van der Waals surface area (Å²) in [5, 5.41) is 8.62. The first kappa shape index (κ1) is 11.5. The molecule has 15 heavy (non-hydrogen) atoms. The molecule has 4 nitrogen and oxygen atoms in total. The molecule has 0 aliphatic heterocycles. The van der Waals surface area contributed by atoms with E-state index in [9.17, 15) is 4.79 Å². The molecule has 0 bridgehead atoms. The van der Waals surface area contributed by atoms with Crippen molar-refractivity contribution in [2.45, 2.75) is 6.92 Å². The number of benzene rings is 1. The van der Waals surface area contributed by atoms with Crippen molar-refractivity contribution >= 4 is 5.97 Å². The van der Waals surface area contributed by atoms with E-state index >= 15 is 0 Å². The van der Waals surface area contributed by atoms with Gasteiger partial charge in [0.15, 0.2) is 0 Å². The molecule has 0 spiro atoms. The van der Waals surface area contributed by atoms with Crippen LogP contribution in [0.25, 0.3) is 0 Å². The van der Waals surface area contributed by atoms with Gasteiger partial charge in [-0.2, -0.15) is 0 Å². The lowest BCUT2D eigenvalue weighted by atomic mass is 10.2. The molecule has 1 N–H and O–H groups in total. The Hall–Kier alpha value is -1.55. The van der Waals surface area contributed by atoms with Crippen LogP contribution in [-0.4, -0.2) is 30.9 Å². The number of aliphatic hydroxyl groups is 1. The van der Waals surface area contributed by atoms with Crippen molar-refractivity contribution in [3.05, 3.63) is 29.8 Å². The van der Waals surface area contributed by atoms with Crippen LogP contribution in [0, 0.1) is 0 Å². The SMILES string of the molecule is CCOC(=O)c1ccccc1OCCO. The van der Waals surface area contributed by atoms with E-state index in [0.29, 0.717) is 17.9 Å². The molecule has 0 saturated heterocycles. The van der Waals surface area contributed by atoms with Gasteiger partial charge in [-0.1, -0.05) is 12.1 Å². The molecule has 0 aliphatic carbocycles. The molecule has 1 rings (SSSR count). The first-order chi connectivity index (χ1) is 7.29. The minimum absolute atomic E-state index is 0.0862. The van der Waals surface area contributed by atoms with Crippen LogP contribution in [0.5, 0.6) is 5.75 Å². The molecule has 0 unspecified atom stereocenters. The van der Waals surface area contributed by atoms with Gasteiger partial charge in [-0.3, -0.25) is 0 Å². The van der Waals surface area contributed by atoms with E-state index < -0.39 is 5.97 Å². The smallest absolute Gasteiger partial charge is 0.341 e. The number of para-hydroxylation sites is 1. The molecule has 0 heterocycles. The first-order valence-electron chi connectivity index (χ1n) is 4.79. The number of rotatable bonds is 5. The summed E-state index contributed by atoms with van der Waals surface area (Å²) in [6, 6.07) is 6.79. The molecule has 0 radical (unpaired) electrons. The van der Waals surface area contributed by atoms with Crippen molar-refractivity contribution in [2.24, 2.45) is 0 Å². The van der Waals surface area contributed by atoms with E-state index in [1.54, 1.807) is 31.2 Å². The van der Waals surface area contributed by atoms with Crippen LogP contribution in [0.4, 0.5) is 0 Å². The number of hydrogen-bond donors (Lipinski definition) is 1. The van der Waals surface area contributed by atoms with Gasteiger partial charge in [0.05, 0.1) is 13.2 Å². The van der Waals surface area contributed by atoms with E-state index in [2.05, 4.69) is 0 Å². The molecule has 0 atom stereocenters. The number of aliphatic hydroxyl groups excluding tert-OH is 1. The van der Waals surface area contributed by atoms with Crippen LogP contribution in [0.2, 0.25) is 0 Å². The molecule has 0 saturated carbocycles. The van der Waals surface area contributed by atoms with E-state index in [1.807, 2.05) is 0 Å². The first-order valence-corrected chi connectivity index (χ1v) is 4.79. The molecular weight excluding hydrogens is 196 g/mol. The van der Waals surface area contributed by atoms with Gasteiger partial charge in [-0.25, -0.2) is 4.79 Å². The van der Waals surface area contributed by atoms with Crippen LogP contribution in [-0.2, 0) is 4.74 Å². The zero-order chi connectivity index (χ0) is 11.1. The van der Waals surface area contributed by atoms with Crippen LogP contribution in [0.1, 0.15) is 17.3 Å². The maximum absolute atomic E-state index is 11.5. The maximum atomic E-state index is 11.5. The normalized spacial score (nSPS) is 9.73. The van der Waals surface area contributed by atoms with Crippen molar-refractivity contribution in [1.29, 1.82) is 0 Å². The number of hydrogen-bond acceptors (Lipinski definition) is 4. The van der Waals surface area contributed by atoms with Crippen molar-refractivity contribution in [2.75, 3.05) is 19.8 Å². The fourth-order valence-electron chi connectivity index (χ4n) is 1.13. The number of ether oxygens (including phenoxy) is 2. The Bertz CT molecular complexity index is 322. The molecule has 82 valence electrons. The van der Waals surface area contributed by atoms with Crippen LogP contribution < -0.4 is 4.74 Å². The Morgan fingerprint density at radius 2 is 2.13 bits per heavy atom. The molecular formula is C11H14O4. The lowest BCUT2D eigenvalue weighted by Gasteiger charge is -2.09. The summed E-state index contributed by atoms with van der Waals surface area (Å²) < 4.78 is 10.1. The third-order valence-electron chi connectivity index (χ3n) is 1.73. The molecule has 1 aromatic carbocycles. The summed E-state index contributed by atoms with van der Waals surface area (Å²) in [4.78, 5) is 11.5. The third-order valence-corrected chi connectivity index (χ3v) is 1.73. The Labute approximate surface area is 88.4 Å². The van der Waals surface area contributed by atoms with Crippen molar-refractivity contribution in [3.8, 4) is 5.75 Å². The fraction of sp³-hybridized carbons (Fsp3) is 0.364. The summed E-state index contributed by atoms with van der Waals surface area (Å²) in [7, 11) is 0. The van der Waals surface area contributed by atoms with Crippen LogP contribution in [0.3, 0.4) is 0 Å². The Morgan fingerprint density at radius 3 is 2.80 bits per heavy atom. The molecule has 0 aromatic heterocycles. The molecule has 1 aromatic rings. The zero-order valence-electron chi connectivity index (χ0n) is 8.60. The van der Waals surface area contributed by atoms with Gasteiger partial charge in [0.25, 0.3) is 0 Å². The largest absolute Gasteiger partial charge is 0.490 e. The average molecular weight is 210 g/mol. The molecule has 4 heteroatoms. The van der Waals surface area contributed by atoms with E-state index in [-0.39, 0.29) is 13.2 Å². The highest BCUT2D eigenvalue weighted by Gasteiger charge is 2.12. The highest BCUT2D eigenvalue weighted by Crippen LogP contribution is 2.18. The third kappa shape index (κ3) is 3.25. The summed E-state index contributed by atoms with van der Waals surface area (Å²) in [6.07, 6.45) is 0. The standard InChI is InChI=1S/C11H14O4/c1-2-14-11(13)9-5-3-4-6-10(9)15-8-7-12/h3-6,12H,2,7-8H2,1H3. The Kier molecular flexibility index (Phi) is 4.63. The van der Waals surface area contributed by atoms with Gasteiger partial charge in [0, 0.05) is 0 Å². The second kappa shape index (κ2) is 6.03. The van der Waals surface area contributed by atoms with E-state index in [1.165, 1.54) is 0 Å². The topological polar surface area (TPSA) is 55.8 Å². The second-order valence-corrected chi connectivity index (χ2v) is 2.79. The Morgan fingerprint density at radius 1 is 1.40 bits per heavy atom. The number of esters is 1. The highest BCUT2D eigenvalue weighted by atomic mass is 16.5. The minimum atomic E-state index is -0.411. The average Bonchev–Trinajstić information content (AvgIpc) is 2.27. The predicted molar refractivity (Wildman–Crippen MR) is 55.0 cm³/mol. The maximum Gasteiger partial charge on any atom is 0.341 e. The fourth-order valence-corrected chi connectivity index (χ4v) is 1.13. The minimum Gasteiger partial charge on any atom is -0.490 e. The van der Waals surface area contributed by atoms with Crippen molar-refractivity contribution in [1.82, 2.24) is 0 Å². The van der Waals surface area contributed by atoms with Gasteiger partial charge in [-0.15, -0.1) is 0 Å². The zero-order valence-corrected chi connectivity index (χ0v) is 8.60. The number of carbonyl (C=O) groups excluding carboxylic acids is 1. The van der Waals surface area contributed by atoms with Gasteiger partial charge < -0.3 is 14.6 Å².